The Balaban J connectivity index is 1.95. The molecule has 2 aromatic rings. The van der Waals surface area contributed by atoms with E-state index in [1.165, 1.54) is 0 Å². The van der Waals surface area contributed by atoms with Gasteiger partial charge < -0.3 is 9.47 Å². The number of hydrogen-bond acceptors (Lipinski definition) is 5. The van der Waals surface area contributed by atoms with E-state index in [9.17, 15) is 8.42 Å². The van der Waals surface area contributed by atoms with Crippen LogP contribution in [-0.2, 0) is 14.3 Å². The molecule has 1 aliphatic rings. The Morgan fingerprint density at radius 2 is 1.61 bits per heavy atom. The molecule has 0 spiro atoms. The smallest absolute Gasteiger partial charge is 0.297 e. The Morgan fingerprint density at radius 3 is 2.29 bits per heavy atom. The van der Waals surface area contributed by atoms with Crippen LogP contribution in [0.1, 0.15) is 49.1 Å². The standard InChI is InChI=1S/C22H28O5S/c1-16-12-14-17(15-13-16)28(23,24)27-20-10-6-4-5-8-18(20)19-9-7-11-21(25-2)22(19)26-3/h7,9,11-15,18,20H,4-6,8,10H2,1-3H3/t18-,20+/m0/s1. The van der Waals surface area contributed by atoms with Crippen molar-refractivity contribution in [3.63, 3.8) is 0 Å². The number of hydrogen-bond donors (Lipinski definition) is 0. The molecule has 152 valence electrons. The molecule has 0 radical (unpaired) electrons. The van der Waals surface area contributed by atoms with Gasteiger partial charge >= 0.3 is 0 Å². The van der Waals surface area contributed by atoms with Gasteiger partial charge in [-0.25, -0.2) is 0 Å². The monoisotopic (exact) mass is 404 g/mol. The quantitative estimate of drug-likeness (QED) is 0.509. The van der Waals surface area contributed by atoms with Crippen molar-refractivity contribution in [3.05, 3.63) is 53.6 Å². The molecule has 1 aliphatic carbocycles. The van der Waals surface area contributed by atoms with Gasteiger partial charge in [0.2, 0.25) is 0 Å². The van der Waals surface area contributed by atoms with Crippen LogP contribution in [0.15, 0.2) is 47.4 Å². The molecule has 0 aromatic heterocycles. The predicted molar refractivity (Wildman–Crippen MR) is 109 cm³/mol. The molecule has 0 heterocycles. The molecule has 0 N–H and O–H groups in total. The van der Waals surface area contributed by atoms with Crippen molar-refractivity contribution >= 4 is 10.1 Å². The molecule has 1 saturated carbocycles. The van der Waals surface area contributed by atoms with Gasteiger partial charge in [0.15, 0.2) is 11.5 Å². The minimum Gasteiger partial charge on any atom is -0.493 e. The Kier molecular flexibility index (Phi) is 6.62. The highest BCUT2D eigenvalue weighted by Crippen LogP contribution is 2.43. The summed E-state index contributed by atoms with van der Waals surface area (Å²) < 4.78 is 42.6. The summed E-state index contributed by atoms with van der Waals surface area (Å²) in [5.74, 6) is 1.22. The molecule has 0 aliphatic heterocycles. The van der Waals surface area contributed by atoms with Gasteiger partial charge in [0.05, 0.1) is 25.2 Å². The molecule has 0 bridgehead atoms. The van der Waals surface area contributed by atoms with E-state index in [0.29, 0.717) is 17.9 Å². The Bertz CT molecular complexity index is 890. The number of para-hydroxylation sites is 1. The van der Waals surface area contributed by atoms with Gasteiger partial charge in [-0.2, -0.15) is 8.42 Å². The second-order valence-corrected chi connectivity index (χ2v) is 8.80. The number of rotatable bonds is 6. The zero-order chi connectivity index (χ0) is 20.1. The van der Waals surface area contributed by atoms with Crippen molar-refractivity contribution in [1.82, 2.24) is 0 Å². The summed E-state index contributed by atoms with van der Waals surface area (Å²) in [5.41, 5.74) is 1.94. The van der Waals surface area contributed by atoms with Gasteiger partial charge in [0.25, 0.3) is 10.1 Å². The lowest BCUT2D eigenvalue weighted by atomic mass is 9.88. The summed E-state index contributed by atoms with van der Waals surface area (Å²) in [7, 11) is -0.631. The third kappa shape index (κ3) is 4.50. The second-order valence-electron chi connectivity index (χ2n) is 7.23. The maximum absolute atomic E-state index is 12.9. The normalized spacial score (nSPS) is 20.4. The first kappa shape index (κ1) is 20.7. The van der Waals surface area contributed by atoms with E-state index in [1.54, 1.807) is 38.5 Å². The minimum atomic E-state index is -3.84. The largest absolute Gasteiger partial charge is 0.493 e. The van der Waals surface area contributed by atoms with Crippen molar-refractivity contribution in [2.75, 3.05) is 14.2 Å². The SMILES string of the molecule is COc1cccc([C@@H]2CCCCC[C@H]2OS(=O)(=O)c2ccc(C)cc2)c1OC. The summed E-state index contributed by atoms with van der Waals surface area (Å²) >= 11 is 0. The lowest BCUT2D eigenvalue weighted by Crippen LogP contribution is -2.25. The highest BCUT2D eigenvalue weighted by molar-refractivity contribution is 7.86. The molecular formula is C22H28O5S. The summed E-state index contributed by atoms with van der Waals surface area (Å²) in [6.07, 6.45) is 4.13. The molecular weight excluding hydrogens is 376 g/mol. The number of benzene rings is 2. The van der Waals surface area contributed by atoms with Crippen LogP contribution in [0.5, 0.6) is 11.5 Å². The van der Waals surface area contributed by atoms with Crippen molar-refractivity contribution < 1.29 is 22.1 Å². The summed E-state index contributed by atoms with van der Waals surface area (Å²) in [6, 6.07) is 12.5. The van der Waals surface area contributed by atoms with Crippen molar-refractivity contribution in [3.8, 4) is 11.5 Å². The lowest BCUT2D eigenvalue weighted by molar-refractivity contribution is 0.166. The van der Waals surface area contributed by atoms with Gasteiger partial charge in [-0.3, -0.25) is 4.18 Å². The number of methoxy groups -OCH3 is 2. The summed E-state index contributed by atoms with van der Waals surface area (Å²) in [4.78, 5) is 0.193. The van der Waals surface area contributed by atoms with E-state index in [2.05, 4.69) is 0 Å². The van der Waals surface area contributed by atoms with Crippen LogP contribution >= 0.6 is 0 Å². The fraction of sp³-hybridized carbons (Fsp3) is 0.455. The molecule has 0 amide bonds. The van der Waals surface area contributed by atoms with Crippen LogP contribution < -0.4 is 9.47 Å². The van der Waals surface area contributed by atoms with E-state index in [1.807, 2.05) is 25.1 Å². The van der Waals surface area contributed by atoms with Gasteiger partial charge in [0.1, 0.15) is 0 Å². The van der Waals surface area contributed by atoms with Gasteiger partial charge in [-0.05, 0) is 38.0 Å². The first-order valence-electron chi connectivity index (χ1n) is 9.67. The number of aryl methyl sites for hydroxylation is 1. The van der Waals surface area contributed by atoms with Crippen LogP contribution in [0.25, 0.3) is 0 Å². The molecule has 28 heavy (non-hydrogen) atoms. The molecule has 0 saturated heterocycles. The van der Waals surface area contributed by atoms with Gasteiger partial charge in [-0.1, -0.05) is 49.1 Å². The molecule has 5 nitrogen and oxygen atoms in total. The van der Waals surface area contributed by atoms with Crippen molar-refractivity contribution in [2.45, 2.75) is 55.9 Å². The first-order valence-corrected chi connectivity index (χ1v) is 11.1. The van der Waals surface area contributed by atoms with E-state index in [4.69, 9.17) is 13.7 Å². The van der Waals surface area contributed by atoms with E-state index < -0.39 is 16.2 Å². The molecule has 3 rings (SSSR count). The van der Waals surface area contributed by atoms with Crippen LogP contribution in [0.3, 0.4) is 0 Å². The average Bonchev–Trinajstić information content (AvgIpc) is 2.92. The first-order chi connectivity index (χ1) is 13.5. The zero-order valence-electron chi connectivity index (χ0n) is 16.7. The summed E-state index contributed by atoms with van der Waals surface area (Å²) in [5, 5.41) is 0. The van der Waals surface area contributed by atoms with Crippen LogP contribution in [-0.4, -0.2) is 28.7 Å². The Hall–Kier alpha value is -2.05. The predicted octanol–water partition coefficient (Wildman–Crippen LogP) is 4.83. The number of ether oxygens (including phenoxy) is 2. The van der Waals surface area contributed by atoms with Crippen LogP contribution in [0, 0.1) is 6.92 Å². The van der Waals surface area contributed by atoms with Gasteiger partial charge in [-0.15, -0.1) is 0 Å². The fourth-order valence-electron chi connectivity index (χ4n) is 3.87. The van der Waals surface area contributed by atoms with Crippen molar-refractivity contribution in [1.29, 1.82) is 0 Å². The molecule has 6 heteroatoms. The maximum atomic E-state index is 12.9. The highest BCUT2D eigenvalue weighted by Gasteiger charge is 2.33. The van der Waals surface area contributed by atoms with E-state index in [-0.39, 0.29) is 10.8 Å². The van der Waals surface area contributed by atoms with Crippen LogP contribution in [0.4, 0.5) is 0 Å². The molecule has 0 unspecified atom stereocenters. The molecule has 2 atom stereocenters. The molecule has 1 fully saturated rings. The lowest BCUT2D eigenvalue weighted by Gasteiger charge is -2.27. The Morgan fingerprint density at radius 1 is 0.893 bits per heavy atom. The van der Waals surface area contributed by atoms with E-state index >= 15 is 0 Å². The third-order valence-electron chi connectivity index (χ3n) is 5.35. The highest BCUT2D eigenvalue weighted by atomic mass is 32.2. The van der Waals surface area contributed by atoms with Crippen molar-refractivity contribution in [2.24, 2.45) is 0 Å². The topological polar surface area (TPSA) is 61.8 Å². The van der Waals surface area contributed by atoms with Gasteiger partial charge in [0, 0.05) is 11.5 Å². The Labute approximate surface area is 167 Å². The third-order valence-corrected chi connectivity index (χ3v) is 6.70. The maximum Gasteiger partial charge on any atom is 0.297 e. The average molecular weight is 405 g/mol. The van der Waals surface area contributed by atoms with E-state index in [0.717, 1.165) is 36.8 Å². The minimum absolute atomic E-state index is 0.0761. The van der Waals surface area contributed by atoms with Crippen LogP contribution in [0.2, 0.25) is 0 Å². The second kappa shape index (κ2) is 8.97. The molecule has 2 aromatic carbocycles. The fourth-order valence-corrected chi connectivity index (χ4v) is 5.01. The summed E-state index contributed by atoms with van der Waals surface area (Å²) in [6.45, 7) is 1.92. The zero-order valence-corrected chi connectivity index (χ0v) is 17.5.